The van der Waals surface area contributed by atoms with Gasteiger partial charge in [0, 0.05) is 10.5 Å². The summed E-state index contributed by atoms with van der Waals surface area (Å²) >= 11 is 3.24. The minimum atomic E-state index is -1.13. The van der Waals surface area contributed by atoms with Gasteiger partial charge in [0.25, 0.3) is 0 Å². The maximum atomic E-state index is 11.4. The van der Waals surface area contributed by atoms with Crippen molar-refractivity contribution < 1.29 is 14.6 Å². The summed E-state index contributed by atoms with van der Waals surface area (Å²) in [4.78, 5) is 22.6. The van der Waals surface area contributed by atoms with Crippen LogP contribution in [0, 0.1) is 0 Å². The maximum Gasteiger partial charge on any atom is 0.364 e. The molecule has 0 unspecified atom stereocenters. The second-order valence-corrected chi connectivity index (χ2v) is 4.93. The SMILES string of the molecule is O=C(O)c1ccc(Br)cc1Oc1ccc2n[nH]c(=O)n2n1. The molecule has 2 N–H and O–H groups in total. The molecule has 106 valence electrons. The molecule has 0 spiro atoms. The number of halogens is 1. The summed E-state index contributed by atoms with van der Waals surface area (Å²) in [5.74, 6) is -0.939. The van der Waals surface area contributed by atoms with Crippen LogP contribution in [0.3, 0.4) is 0 Å². The van der Waals surface area contributed by atoms with E-state index in [0.717, 1.165) is 4.52 Å². The highest BCUT2D eigenvalue weighted by atomic mass is 79.9. The van der Waals surface area contributed by atoms with Gasteiger partial charge in [0.1, 0.15) is 11.3 Å². The summed E-state index contributed by atoms with van der Waals surface area (Å²) in [7, 11) is 0. The minimum Gasteiger partial charge on any atom is -0.478 e. The van der Waals surface area contributed by atoms with Crippen LogP contribution in [-0.4, -0.2) is 30.9 Å². The Kier molecular flexibility index (Phi) is 3.18. The van der Waals surface area contributed by atoms with Crippen LogP contribution in [0.2, 0.25) is 0 Å². The van der Waals surface area contributed by atoms with Gasteiger partial charge in [-0.15, -0.1) is 5.10 Å². The smallest absolute Gasteiger partial charge is 0.364 e. The van der Waals surface area contributed by atoms with Crippen LogP contribution in [0.5, 0.6) is 11.6 Å². The molecule has 0 aliphatic heterocycles. The summed E-state index contributed by atoms with van der Waals surface area (Å²) in [6.45, 7) is 0. The molecule has 0 aliphatic rings. The van der Waals surface area contributed by atoms with Crippen LogP contribution < -0.4 is 10.4 Å². The second kappa shape index (κ2) is 5.02. The normalized spacial score (nSPS) is 10.7. The third kappa shape index (κ3) is 2.50. The molecule has 0 atom stereocenters. The zero-order chi connectivity index (χ0) is 15.0. The lowest BCUT2D eigenvalue weighted by Gasteiger charge is -2.08. The number of hydrogen-bond acceptors (Lipinski definition) is 5. The molecule has 0 fully saturated rings. The van der Waals surface area contributed by atoms with E-state index in [1.165, 1.54) is 24.3 Å². The van der Waals surface area contributed by atoms with Gasteiger partial charge in [0.05, 0.1) is 0 Å². The Morgan fingerprint density at radius 3 is 2.90 bits per heavy atom. The number of aromatic amines is 1. The van der Waals surface area contributed by atoms with E-state index in [0.29, 0.717) is 10.1 Å². The van der Waals surface area contributed by atoms with E-state index in [-0.39, 0.29) is 17.2 Å². The monoisotopic (exact) mass is 350 g/mol. The van der Waals surface area contributed by atoms with Crippen LogP contribution in [0.25, 0.3) is 5.65 Å². The average molecular weight is 351 g/mol. The van der Waals surface area contributed by atoms with Gasteiger partial charge in [-0.05, 0) is 24.3 Å². The Labute approximate surface area is 125 Å². The summed E-state index contributed by atoms with van der Waals surface area (Å²) in [6.07, 6.45) is 0. The number of aromatic nitrogens is 4. The lowest BCUT2D eigenvalue weighted by atomic mass is 10.2. The standard InChI is InChI=1S/C12H7BrN4O4/c13-6-1-2-7(11(18)19)8(5-6)21-10-4-3-9-14-15-12(20)17(9)16-10/h1-5H,(H,15,20)(H,18,19). The molecule has 3 aromatic rings. The van der Waals surface area contributed by atoms with Gasteiger partial charge in [-0.2, -0.15) is 9.61 Å². The average Bonchev–Trinajstić information content (AvgIpc) is 2.80. The summed E-state index contributed by atoms with van der Waals surface area (Å²) in [6, 6.07) is 7.52. The highest BCUT2D eigenvalue weighted by Gasteiger charge is 2.14. The number of benzene rings is 1. The van der Waals surface area contributed by atoms with Crippen molar-refractivity contribution in [3.8, 4) is 11.6 Å². The summed E-state index contributed by atoms with van der Waals surface area (Å²) in [5.41, 5.74) is -0.192. The fourth-order valence-corrected chi connectivity index (χ4v) is 2.05. The number of aromatic carboxylic acids is 1. The number of carbonyl (C=O) groups is 1. The molecule has 0 bridgehead atoms. The highest BCUT2D eigenvalue weighted by molar-refractivity contribution is 9.10. The van der Waals surface area contributed by atoms with Gasteiger partial charge in [0.2, 0.25) is 5.88 Å². The van der Waals surface area contributed by atoms with Gasteiger partial charge in [0.15, 0.2) is 5.65 Å². The number of nitrogens with zero attached hydrogens (tertiary/aromatic N) is 3. The van der Waals surface area contributed by atoms with E-state index < -0.39 is 11.7 Å². The molecule has 21 heavy (non-hydrogen) atoms. The molecule has 0 radical (unpaired) electrons. The van der Waals surface area contributed by atoms with E-state index in [2.05, 4.69) is 31.2 Å². The molecule has 3 rings (SSSR count). The van der Waals surface area contributed by atoms with Crippen molar-refractivity contribution >= 4 is 27.5 Å². The molecule has 1 aromatic carbocycles. The fourth-order valence-electron chi connectivity index (χ4n) is 1.71. The van der Waals surface area contributed by atoms with E-state index in [1.807, 2.05) is 0 Å². The van der Waals surface area contributed by atoms with Crippen LogP contribution in [0.15, 0.2) is 39.6 Å². The Bertz CT molecular complexity index is 902. The largest absolute Gasteiger partial charge is 0.478 e. The lowest BCUT2D eigenvalue weighted by Crippen LogP contribution is -2.12. The van der Waals surface area contributed by atoms with Crippen LogP contribution in [0.1, 0.15) is 10.4 Å². The van der Waals surface area contributed by atoms with E-state index in [9.17, 15) is 9.59 Å². The van der Waals surface area contributed by atoms with Crippen LogP contribution in [-0.2, 0) is 0 Å². The number of fused-ring (bicyclic) bond motifs is 1. The van der Waals surface area contributed by atoms with Crippen LogP contribution in [0.4, 0.5) is 0 Å². The van der Waals surface area contributed by atoms with Gasteiger partial charge in [-0.3, -0.25) is 0 Å². The molecule has 0 amide bonds. The van der Waals surface area contributed by atoms with Gasteiger partial charge in [-0.1, -0.05) is 15.9 Å². The van der Waals surface area contributed by atoms with Crippen molar-refractivity contribution in [1.82, 2.24) is 19.8 Å². The zero-order valence-corrected chi connectivity index (χ0v) is 11.9. The van der Waals surface area contributed by atoms with Crippen molar-refractivity contribution in [1.29, 1.82) is 0 Å². The second-order valence-electron chi connectivity index (χ2n) is 4.02. The number of ether oxygens (including phenoxy) is 1. The molecule has 9 heteroatoms. The maximum absolute atomic E-state index is 11.4. The van der Waals surface area contributed by atoms with Crippen molar-refractivity contribution in [3.63, 3.8) is 0 Å². The predicted molar refractivity (Wildman–Crippen MR) is 74.8 cm³/mol. The van der Waals surface area contributed by atoms with Crippen molar-refractivity contribution in [3.05, 3.63) is 50.9 Å². The summed E-state index contributed by atoms with van der Waals surface area (Å²) in [5, 5.41) is 19.0. The Morgan fingerprint density at radius 1 is 1.33 bits per heavy atom. The number of carboxylic acids is 1. The zero-order valence-electron chi connectivity index (χ0n) is 10.3. The van der Waals surface area contributed by atoms with E-state index in [4.69, 9.17) is 9.84 Å². The van der Waals surface area contributed by atoms with E-state index in [1.54, 1.807) is 6.07 Å². The number of nitrogens with one attached hydrogen (secondary N) is 1. The lowest BCUT2D eigenvalue weighted by molar-refractivity contribution is 0.0694. The van der Waals surface area contributed by atoms with Crippen molar-refractivity contribution in [2.75, 3.05) is 0 Å². The van der Waals surface area contributed by atoms with Gasteiger partial charge in [-0.25, -0.2) is 14.7 Å². The molecule has 8 nitrogen and oxygen atoms in total. The fraction of sp³-hybridized carbons (Fsp3) is 0. The van der Waals surface area contributed by atoms with E-state index >= 15 is 0 Å². The number of rotatable bonds is 3. The first-order chi connectivity index (χ1) is 10.0. The Morgan fingerprint density at radius 2 is 2.14 bits per heavy atom. The quantitative estimate of drug-likeness (QED) is 0.743. The minimum absolute atomic E-state index is 0.0142. The number of H-pyrrole nitrogens is 1. The van der Waals surface area contributed by atoms with Crippen molar-refractivity contribution in [2.45, 2.75) is 0 Å². The number of carboxylic acid groups (broad SMARTS) is 1. The third-order valence-electron chi connectivity index (χ3n) is 2.64. The first-order valence-corrected chi connectivity index (χ1v) is 6.49. The number of hydrogen-bond donors (Lipinski definition) is 2. The molecule has 2 heterocycles. The first kappa shape index (κ1) is 13.3. The molecule has 0 saturated carbocycles. The molecule has 0 saturated heterocycles. The third-order valence-corrected chi connectivity index (χ3v) is 3.13. The molecular weight excluding hydrogens is 344 g/mol. The predicted octanol–water partition coefficient (Wildman–Crippen LogP) is 1.67. The van der Waals surface area contributed by atoms with Gasteiger partial charge >= 0.3 is 11.7 Å². The first-order valence-electron chi connectivity index (χ1n) is 5.70. The van der Waals surface area contributed by atoms with Crippen molar-refractivity contribution in [2.24, 2.45) is 0 Å². The molecule has 2 aromatic heterocycles. The Hall–Kier alpha value is -2.68. The summed E-state index contributed by atoms with van der Waals surface area (Å²) < 4.78 is 7.14. The highest BCUT2D eigenvalue weighted by Crippen LogP contribution is 2.27. The Balaban J connectivity index is 2.05. The topological polar surface area (TPSA) is 110 Å². The molecular formula is C12H7BrN4O4. The molecule has 0 aliphatic carbocycles. The van der Waals surface area contributed by atoms with Crippen LogP contribution >= 0.6 is 15.9 Å². The van der Waals surface area contributed by atoms with Gasteiger partial charge < -0.3 is 9.84 Å².